The van der Waals surface area contributed by atoms with E-state index in [4.69, 9.17) is 9.72 Å². The molecule has 0 saturated heterocycles. The number of para-hydroxylation sites is 1. The highest BCUT2D eigenvalue weighted by atomic mass is 16.5. The number of imidazole rings is 1. The fourth-order valence-electron chi connectivity index (χ4n) is 3.65. The van der Waals surface area contributed by atoms with Crippen LogP contribution >= 0.6 is 0 Å². The van der Waals surface area contributed by atoms with Crippen molar-refractivity contribution in [1.29, 1.82) is 0 Å². The number of benzene rings is 2. The number of methoxy groups -OCH3 is 1. The second-order valence-corrected chi connectivity index (χ2v) is 6.92. The number of aliphatic hydroxyl groups excluding tert-OH is 1. The summed E-state index contributed by atoms with van der Waals surface area (Å²) in [5.41, 5.74) is 6.44. The van der Waals surface area contributed by atoms with Crippen LogP contribution in [0.15, 0.2) is 30.3 Å². The number of aromatic nitrogens is 2. The van der Waals surface area contributed by atoms with Gasteiger partial charge in [-0.2, -0.15) is 0 Å². The fraction of sp³-hybridized carbons (Fsp3) is 0.381. The monoisotopic (exact) mass is 353 g/mol. The number of ether oxygens (including phenoxy) is 1. The van der Waals surface area contributed by atoms with E-state index in [1.54, 1.807) is 7.11 Å². The molecule has 1 atom stereocenters. The lowest BCUT2D eigenvalue weighted by Gasteiger charge is -2.27. The van der Waals surface area contributed by atoms with E-state index in [9.17, 15) is 5.11 Å². The smallest absolute Gasteiger partial charge is 0.121 e. The molecule has 138 valence electrons. The van der Waals surface area contributed by atoms with Crippen LogP contribution in [0.4, 0.5) is 0 Å². The fourth-order valence-corrected chi connectivity index (χ4v) is 3.65. The Kier molecular flexibility index (Phi) is 5.30. The number of nitrogens with zero attached hydrogens (tertiary/aromatic N) is 2. The number of H-pyrrole nitrogens is 1. The zero-order valence-corrected chi connectivity index (χ0v) is 16.1. The van der Waals surface area contributed by atoms with Crippen molar-refractivity contribution in [2.45, 2.75) is 40.0 Å². The van der Waals surface area contributed by atoms with Crippen molar-refractivity contribution in [2.24, 2.45) is 0 Å². The number of rotatable bonds is 6. The third-order valence-corrected chi connectivity index (χ3v) is 5.10. The Morgan fingerprint density at radius 3 is 2.54 bits per heavy atom. The van der Waals surface area contributed by atoms with Crippen LogP contribution in [0.5, 0.6) is 5.75 Å². The van der Waals surface area contributed by atoms with E-state index in [1.807, 2.05) is 18.2 Å². The Morgan fingerprint density at radius 2 is 1.92 bits per heavy atom. The van der Waals surface area contributed by atoms with Crippen LogP contribution in [-0.2, 0) is 13.2 Å². The quantitative estimate of drug-likeness (QED) is 0.706. The van der Waals surface area contributed by atoms with Crippen molar-refractivity contribution < 1.29 is 9.84 Å². The van der Waals surface area contributed by atoms with E-state index in [0.29, 0.717) is 6.54 Å². The number of aromatic amines is 1. The van der Waals surface area contributed by atoms with E-state index in [-0.39, 0.29) is 12.6 Å². The molecule has 0 fully saturated rings. The second-order valence-electron chi connectivity index (χ2n) is 6.92. The van der Waals surface area contributed by atoms with Crippen molar-refractivity contribution >= 4 is 11.0 Å². The second kappa shape index (κ2) is 7.48. The normalized spacial score (nSPS) is 12.7. The lowest BCUT2D eigenvalue weighted by molar-refractivity contribution is 0.246. The Bertz CT molecular complexity index is 894. The molecule has 0 aliphatic carbocycles. The molecule has 2 aromatic carbocycles. The highest BCUT2D eigenvalue weighted by molar-refractivity contribution is 5.78. The molecule has 3 rings (SSSR count). The van der Waals surface area contributed by atoms with E-state index in [1.165, 1.54) is 16.7 Å². The maximum Gasteiger partial charge on any atom is 0.121 e. The molecule has 0 amide bonds. The summed E-state index contributed by atoms with van der Waals surface area (Å²) in [6.07, 6.45) is 0. The van der Waals surface area contributed by atoms with E-state index in [2.05, 4.69) is 49.8 Å². The summed E-state index contributed by atoms with van der Waals surface area (Å²) < 4.78 is 5.37. The van der Waals surface area contributed by atoms with Crippen LogP contribution in [0, 0.1) is 13.8 Å². The Balaban J connectivity index is 1.85. The van der Waals surface area contributed by atoms with Crippen LogP contribution in [0.2, 0.25) is 0 Å². The summed E-state index contributed by atoms with van der Waals surface area (Å²) in [6, 6.07) is 10.2. The number of hydrogen-bond acceptors (Lipinski definition) is 4. The van der Waals surface area contributed by atoms with Crippen molar-refractivity contribution in [3.63, 3.8) is 0 Å². The molecular weight excluding hydrogens is 326 g/mol. The van der Waals surface area contributed by atoms with Gasteiger partial charge in [-0.3, -0.25) is 4.90 Å². The molecule has 0 aliphatic heterocycles. The van der Waals surface area contributed by atoms with Gasteiger partial charge < -0.3 is 14.8 Å². The van der Waals surface area contributed by atoms with Crippen LogP contribution in [0.3, 0.4) is 0 Å². The molecule has 1 unspecified atom stereocenters. The highest BCUT2D eigenvalue weighted by Gasteiger charge is 2.19. The summed E-state index contributed by atoms with van der Waals surface area (Å²) in [5, 5.41) is 9.49. The number of nitrogens with one attached hydrogen (secondary N) is 1. The van der Waals surface area contributed by atoms with Gasteiger partial charge in [-0.25, -0.2) is 4.98 Å². The van der Waals surface area contributed by atoms with Crippen molar-refractivity contribution in [2.75, 3.05) is 14.2 Å². The lowest BCUT2D eigenvalue weighted by atomic mass is 9.96. The van der Waals surface area contributed by atoms with Crippen LogP contribution in [0.25, 0.3) is 11.0 Å². The van der Waals surface area contributed by atoms with Gasteiger partial charge in [0.25, 0.3) is 0 Å². The van der Waals surface area contributed by atoms with Crippen molar-refractivity contribution in [3.8, 4) is 5.75 Å². The topological polar surface area (TPSA) is 61.4 Å². The maximum atomic E-state index is 9.49. The molecule has 3 aromatic rings. The number of hydrogen-bond donors (Lipinski definition) is 2. The first-order valence-electron chi connectivity index (χ1n) is 8.87. The summed E-state index contributed by atoms with van der Waals surface area (Å²) in [6.45, 7) is 7.17. The van der Waals surface area contributed by atoms with Gasteiger partial charge in [-0.15, -0.1) is 0 Å². The summed E-state index contributed by atoms with van der Waals surface area (Å²) in [7, 11) is 3.81. The third kappa shape index (κ3) is 3.45. The standard InChI is InChI=1S/C21H27N3O2/c1-13-9-17(26-5)10-14(2)20(13)15(3)24(4)11-19-22-18-8-6-7-16(12-25)21(18)23-19/h6-10,15,25H,11-12H2,1-5H3,(H,22,23). The number of fused-ring (bicyclic) bond motifs is 1. The Labute approximate surface area is 154 Å². The molecule has 0 saturated carbocycles. The molecule has 1 heterocycles. The zero-order valence-electron chi connectivity index (χ0n) is 16.1. The molecule has 1 aromatic heterocycles. The van der Waals surface area contributed by atoms with Crippen molar-refractivity contribution in [3.05, 3.63) is 58.4 Å². The van der Waals surface area contributed by atoms with E-state index < -0.39 is 0 Å². The van der Waals surface area contributed by atoms with Gasteiger partial charge in [0, 0.05) is 11.6 Å². The average molecular weight is 353 g/mol. The first-order valence-corrected chi connectivity index (χ1v) is 8.87. The minimum atomic E-state index is -0.00187. The van der Waals surface area contributed by atoms with Gasteiger partial charge in [-0.05, 0) is 62.7 Å². The third-order valence-electron chi connectivity index (χ3n) is 5.10. The van der Waals surface area contributed by atoms with Crippen molar-refractivity contribution in [1.82, 2.24) is 14.9 Å². The van der Waals surface area contributed by atoms with Crippen LogP contribution < -0.4 is 4.74 Å². The summed E-state index contributed by atoms with van der Waals surface area (Å²) >= 11 is 0. The van der Waals surface area contributed by atoms with Gasteiger partial charge in [0.15, 0.2) is 0 Å². The first kappa shape index (κ1) is 18.4. The summed E-state index contributed by atoms with van der Waals surface area (Å²) in [4.78, 5) is 10.3. The van der Waals surface area contributed by atoms with Crippen LogP contribution in [-0.4, -0.2) is 34.1 Å². The maximum absolute atomic E-state index is 9.49. The molecule has 0 radical (unpaired) electrons. The first-order chi connectivity index (χ1) is 12.4. The SMILES string of the molecule is COc1cc(C)c(C(C)N(C)Cc2nc3c(CO)cccc3[nH]2)c(C)c1. The molecule has 5 heteroatoms. The van der Waals surface area contributed by atoms with Gasteiger partial charge in [0.2, 0.25) is 0 Å². The molecule has 0 bridgehead atoms. The Morgan fingerprint density at radius 1 is 1.23 bits per heavy atom. The Hall–Kier alpha value is -2.37. The molecule has 0 aliphatic rings. The highest BCUT2D eigenvalue weighted by Crippen LogP contribution is 2.30. The minimum Gasteiger partial charge on any atom is -0.497 e. The largest absolute Gasteiger partial charge is 0.497 e. The van der Waals surface area contributed by atoms with E-state index in [0.717, 1.165) is 28.2 Å². The van der Waals surface area contributed by atoms with Gasteiger partial charge >= 0.3 is 0 Å². The molecule has 26 heavy (non-hydrogen) atoms. The van der Waals surface area contributed by atoms with E-state index >= 15 is 0 Å². The lowest BCUT2D eigenvalue weighted by Crippen LogP contribution is -2.24. The zero-order chi connectivity index (χ0) is 18.8. The average Bonchev–Trinajstić information content (AvgIpc) is 3.02. The van der Waals surface area contributed by atoms with Crippen LogP contribution in [0.1, 0.15) is 41.0 Å². The summed E-state index contributed by atoms with van der Waals surface area (Å²) in [5.74, 6) is 1.80. The molecule has 2 N–H and O–H groups in total. The van der Waals surface area contributed by atoms with Gasteiger partial charge in [0.05, 0.1) is 31.3 Å². The molecular formula is C21H27N3O2. The van der Waals surface area contributed by atoms with Gasteiger partial charge in [0.1, 0.15) is 11.6 Å². The minimum absolute atomic E-state index is 0.00187. The molecule has 5 nitrogen and oxygen atoms in total. The molecule has 0 spiro atoms. The number of aliphatic hydroxyl groups is 1. The number of aryl methyl sites for hydroxylation is 2. The predicted molar refractivity (Wildman–Crippen MR) is 104 cm³/mol. The predicted octanol–water partition coefficient (Wildman–Crippen LogP) is 3.87. The van der Waals surface area contributed by atoms with Gasteiger partial charge in [-0.1, -0.05) is 12.1 Å².